The van der Waals surface area contributed by atoms with Crippen LogP contribution >= 0.6 is 22.9 Å². The average molecular weight is 414 g/mol. The Morgan fingerprint density at radius 2 is 2.18 bits per heavy atom. The number of nitrogens with zero attached hydrogens (tertiary/aromatic N) is 3. The SMILES string of the molecule is CCOc1ccc2nc(Cl)c(C3CC(c4cccs4)=NN3C(=O)CC)cc2c1. The first-order valence-electron chi connectivity index (χ1n) is 9.27. The van der Waals surface area contributed by atoms with E-state index >= 15 is 0 Å². The summed E-state index contributed by atoms with van der Waals surface area (Å²) in [6.07, 6.45) is 0.995. The van der Waals surface area contributed by atoms with Crippen molar-refractivity contribution in [2.75, 3.05) is 6.61 Å². The molecule has 0 spiro atoms. The predicted octanol–water partition coefficient (Wildman–Crippen LogP) is 5.44. The molecule has 0 saturated heterocycles. The van der Waals surface area contributed by atoms with Crippen LogP contribution in [0.25, 0.3) is 10.9 Å². The van der Waals surface area contributed by atoms with Gasteiger partial charge in [0.2, 0.25) is 5.91 Å². The zero-order valence-electron chi connectivity index (χ0n) is 15.7. The maximum Gasteiger partial charge on any atom is 0.242 e. The molecular formula is C21H20ClN3O2S. The first-order chi connectivity index (χ1) is 13.6. The van der Waals surface area contributed by atoms with Gasteiger partial charge >= 0.3 is 0 Å². The zero-order chi connectivity index (χ0) is 19.7. The molecule has 3 heterocycles. The fourth-order valence-electron chi connectivity index (χ4n) is 3.37. The number of pyridine rings is 1. The molecule has 0 aliphatic carbocycles. The fraction of sp³-hybridized carbons (Fsp3) is 0.286. The second-order valence-corrected chi connectivity index (χ2v) is 7.80. The highest BCUT2D eigenvalue weighted by Crippen LogP contribution is 2.38. The van der Waals surface area contributed by atoms with Crippen molar-refractivity contribution in [2.24, 2.45) is 5.10 Å². The van der Waals surface area contributed by atoms with Gasteiger partial charge in [0.05, 0.1) is 28.8 Å². The van der Waals surface area contributed by atoms with Crippen LogP contribution < -0.4 is 4.74 Å². The molecule has 0 saturated carbocycles. The van der Waals surface area contributed by atoms with Crippen LogP contribution in [0.4, 0.5) is 0 Å². The molecule has 1 aromatic carbocycles. The highest BCUT2D eigenvalue weighted by atomic mass is 35.5. The number of halogens is 1. The summed E-state index contributed by atoms with van der Waals surface area (Å²) in [5.74, 6) is 0.754. The Morgan fingerprint density at radius 3 is 2.89 bits per heavy atom. The molecule has 5 nitrogen and oxygen atoms in total. The standard InChI is InChI=1S/C21H20ClN3O2S/c1-3-20(26)25-18(12-17(24-25)19-6-5-9-28-19)15-11-13-10-14(27-4-2)7-8-16(13)23-21(15)22/h5-11,18H,3-4,12H2,1-2H3. The fourth-order valence-corrected chi connectivity index (χ4v) is 4.37. The normalized spacial score (nSPS) is 16.5. The third-order valence-corrected chi connectivity index (χ3v) is 5.93. The minimum Gasteiger partial charge on any atom is -0.494 e. The number of aromatic nitrogens is 1. The summed E-state index contributed by atoms with van der Waals surface area (Å²) in [5.41, 5.74) is 2.50. The van der Waals surface area contributed by atoms with E-state index in [4.69, 9.17) is 16.3 Å². The summed E-state index contributed by atoms with van der Waals surface area (Å²) in [5, 5.41) is 9.53. The van der Waals surface area contributed by atoms with Gasteiger partial charge in [-0.05, 0) is 42.6 Å². The molecule has 144 valence electrons. The Bertz CT molecular complexity index is 1050. The van der Waals surface area contributed by atoms with Crippen molar-refractivity contribution < 1.29 is 9.53 Å². The maximum absolute atomic E-state index is 12.6. The van der Waals surface area contributed by atoms with E-state index in [-0.39, 0.29) is 11.9 Å². The van der Waals surface area contributed by atoms with Gasteiger partial charge in [0.1, 0.15) is 10.9 Å². The number of fused-ring (bicyclic) bond motifs is 1. The van der Waals surface area contributed by atoms with Crippen molar-refractivity contribution in [3.8, 4) is 5.75 Å². The maximum atomic E-state index is 12.6. The molecular weight excluding hydrogens is 394 g/mol. The largest absolute Gasteiger partial charge is 0.494 e. The molecule has 1 aliphatic heterocycles. The van der Waals surface area contributed by atoms with E-state index in [1.54, 1.807) is 16.3 Å². The van der Waals surface area contributed by atoms with Crippen molar-refractivity contribution in [3.05, 3.63) is 57.4 Å². The zero-order valence-corrected chi connectivity index (χ0v) is 17.3. The molecule has 0 bridgehead atoms. The van der Waals surface area contributed by atoms with E-state index in [0.29, 0.717) is 24.6 Å². The molecule has 1 atom stereocenters. The lowest BCUT2D eigenvalue weighted by atomic mass is 10.0. The van der Waals surface area contributed by atoms with Crippen molar-refractivity contribution in [2.45, 2.75) is 32.7 Å². The highest BCUT2D eigenvalue weighted by molar-refractivity contribution is 7.12. The lowest BCUT2D eigenvalue weighted by molar-refractivity contribution is -0.132. The molecule has 1 aliphatic rings. The van der Waals surface area contributed by atoms with Crippen LogP contribution in [0.5, 0.6) is 5.75 Å². The summed E-state index contributed by atoms with van der Waals surface area (Å²) >= 11 is 8.16. The summed E-state index contributed by atoms with van der Waals surface area (Å²) < 4.78 is 5.61. The van der Waals surface area contributed by atoms with Crippen LogP contribution in [-0.4, -0.2) is 28.2 Å². The smallest absolute Gasteiger partial charge is 0.242 e. The quantitative estimate of drug-likeness (QED) is 0.523. The first kappa shape index (κ1) is 18.9. The minimum atomic E-state index is -0.260. The van der Waals surface area contributed by atoms with Crippen molar-refractivity contribution in [1.29, 1.82) is 0 Å². The van der Waals surface area contributed by atoms with E-state index in [1.807, 2.05) is 55.6 Å². The van der Waals surface area contributed by atoms with Crippen LogP contribution in [0.3, 0.4) is 0 Å². The van der Waals surface area contributed by atoms with Crippen molar-refractivity contribution in [1.82, 2.24) is 9.99 Å². The molecule has 1 amide bonds. The van der Waals surface area contributed by atoms with Gasteiger partial charge in [-0.1, -0.05) is 24.6 Å². The first-order valence-corrected chi connectivity index (χ1v) is 10.5. The Balaban J connectivity index is 1.76. The van der Waals surface area contributed by atoms with Gasteiger partial charge in [0.15, 0.2) is 0 Å². The molecule has 0 fully saturated rings. The average Bonchev–Trinajstić information content (AvgIpc) is 3.37. The van der Waals surface area contributed by atoms with Crippen LogP contribution in [0.2, 0.25) is 5.15 Å². The van der Waals surface area contributed by atoms with E-state index < -0.39 is 0 Å². The van der Waals surface area contributed by atoms with Gasteiger partial charge in [0.25, 0.3) is 0 Å². The Morgan fingerprint density at radius 1 is 1.32 bits per heavy atom. The molecule has 7 heteroatoms. The minimum absolute atomic E-state index is 0.0317. The topological polar surface area (TPSA) is 54.8 Å². The molecule has 2 aromatic heterocycles. The molecule has 3 aromatic rings. The molecule has 0 N–H and O–H groups in total. The van der Waals surface area contributed by atoms with Gasteiger partial charge in [-0.15, -0.1) is 11.3 Å². The van der Waals surface area contributed by atoms with E-state index in [0.717, 1.165) is 32.8 Å². The van der Waals surface area contributed by atoms with Gasteiger partial charge < -0.3 is 4.74 Å². The van der Waals surface area contributed by atoms with Gasteiger partial charge in [-0.3, -0.25) is 4.79 Å². The lowest BCUT2D eigenvalue weighted by Gasteiger charge is -2.22. The van der Waals surface area contributed by atoms with Crippen molar-refractivity contribution in [3.63, 3.8) is 0 Å². The monoisotopic (exact) mass is 413 g/mol. The van der Waals surface area contributed by atoms with Crippen molar-refractivity contribution >= 4 is 45.5 Å². The molecule has 4 rings (SSSR count). The van der Waals surface area contributed by atoms with Crippen LogP contribution in [-0.2, 0) is 4.79 Å². The summed E-state index contributed by atoms with van der Waals surface area (Å²) in [6, 6.07) is 11.5. The van der Waals surface area contributed by atoms with Gasteiger partial charge in [-0.25, -0.2) is 9.99 Å². The molecule has 28 heavy (non-hydrogen) atoms. The number of amides is 1. The number of ether oxygens (including phenoxy) is 1. The van der Waals surface area contributed by atoms with Crippen LogP contribution in [0.1, 0.15) is 43.2 Å². The Labute approximate surface area is 172 Å². The summed E-state index contributed by atoms with van der Waals surface area (Å²) in [6.45, 7) is 4.39. The number of thiophene rings is 1. The molecule has 1 unspecified atom stereocenters. The Hall–Kier alpha value is -2.44. The number of hydrogen-bond donors (Lipinski definition) is 0. The van der Waals surface area contributed by atoms with Crippen LogP contribution in [0, 0.1) is 0 Å². The number of benzene rings is 1. The number of carbonyl (C=O) groups is 1. The Kier molecular flexibility index (Phi) is 5.33. The van der Waals surface area contributed by atoms with E-state index in [9.17, 15) is 4.79 Å². The lowest BCUT2D eigenvalue weighted by Crippen LogP contribution is -2.26. The van der Waals surface area contributed by atoms with E-state index in [2.05, 4.69) is 10.1 Å². The number of carbonyl (C=O) groups excluding carboxylic acids is 1. The van der Waals surface area contributed by atoms with Crippen LogP contribution in [0.15, 0.2) is 46.9 Å². The number of hydrogen-bond acceptors (Lipinski definition) is 5. The van der Waals surface area contributed by atoms with Gasteiger partial charge in [-0.2, -0.15) is 5.10 Å². The second kappa shape index (κ2) is 7.89. The summed E-state index contributed by atoms with van der Waals surface area (Å²) in [4.78, 5) is 18.2. The third kappa shape index (κ3) is 3.50. The second-order valence-electron chi connectivity index (χ2n) is 6.49. The summed E-state index contributed by atoms with van der Waals surface area (Å²) in [7, 11) is 0. The number of rotatable bonds is 5. The predicted molar refractivity (Wildman–Crippen MR) is 113 cm³/mol. The third-order valence-electron chi connectivity index (χ3n) is 4.71. The van der Waals surface area contributed by atoms with E-state index in [1.165, 1.54) is 0 Å². The highest BCUT2D eigenvalue weighted by Gasteiger charge is 2.34. The number of hydrazone groups is 1. The van der Waals surface area contributed by atoms with Gasteiger partial charge in [0, 0.05) is 23.8 Å². The molecule has 0 radical (unpaired) electrons.